The maximum absolute atomic E-state index is 13.5. The van der Waals surface area contributed by atoms with Gasteiger partial charge in [0.1, 0.15) is 5.82 Å². The van der Waals surface area contributed by atoms with Gasteiger partial charge in [0.05, 0.1) is 0 Å². The van der Waals surface area contributed by atoms with Crippen molar-refractivity contribution < 1.29 is 22.4 Å². The molecule has 0 bridgehead atoms. The second-order valence-corrected chi connectivity index (χ2v) is 4.26. The Hall–Kier alpha value is -2.44. The fourth-order valence-corrected chi connectivity index (χ4v) is 1.75. The molecule has 3 nitrogen and oxygen atoms in total. The molecule has 2 aromatic rings. The normalized spacial score (nSPS) is 11.2. The molecular weight excluding hydrogens is 288 g/mol. The van der Waals surface area contributed by atoms with Crippen molar-refractivity contribution in [2.75, 3.05) is 0 Å². The minimum absolute atomic E-state index is 0.236. The first-order valence-electron chi connectivity index (χ1n) is 5.91. The van der Waals surface area contributed by atoms with E-state index in [-0.39, 0.29) is 5.56 Å². The number of nitrogens with one attached hydrogen (secondary N) is 1. The lowest BCUT2D eigenvalue weighted by Gasteiger charge is -2.09. The van der Waals surface area contributed by atoms with Gasteiger partial charge in [-0.15, -0.1) is 0 Å². The van der Waals surface area contributed by atoms with Crippen molar-refractivity contribution in [3.63, 3.8) is 0 Å². The molecule has 2 rings (SSSR count). The summed E-state index contributed by atoms with van der Waals surface area (Å²) < 4.78 is 49.8. The van der Waals surface area contributed by atoms with Crippen molar-refractivity contribution in [3.05, 3.63) is 54.1 Å². The molecule has 0 fully saturated rings. The Bertz CT molecular complexity index is 641. The summed E-state index contributed by atoms with van der Waals surface area (Å²) in [5.74, 6) is -2.65. The highest BCUT2D eigenvalue weighted by molar-refractivity contribution is 5.81. The minimum atomic E-state index is -4.96. The Kier molecular flexibility index (Phi) is 4.21. The molecule has 1 heterocycles. The number of halogens is 4. The number of rotatable bonds is 3. The van der Waals surface area contributed by atoms with Crippen molar-refractivity contribution in [2.45, 2.75) is 12.7 Å². The number of pyridine rings is 1. The van der Waals surface area contributed by atoms with E-state index >= 15 is 0 Å². The van der Waals surface area contributed by atoms with Crippen molar-refractivity contribution in [2.24, 2.45) is 0 Å². The molecule has 0 spiro atoms. The second-order valence-electron chi connectivity index (χ2n) is 4.26. The van der Waals surface area contributed by atoms with Crippen LogP contribution in [-0.2, 0) is 11.3 Å². The van der Waals surface area contributed by atoms with Crippen LogP contribution in [0.4, 0.5) is 17.6 Å². The summed E-state index contributed by atoms with van der Waals surface area (Å²) in [6.07, 6.45) is -1.92. The van der Waals surface area contributed by atoms with Gasteiger partial charge in [-0.3, -0.25) is 9.78 Å². The van der Waals surface area contributed by atoms with Gasteiger partial charge in [-0.25, -0.2) is 4.39 Å². The molecular formula is C14H10F4N2O. The fourth-order valence-electron chi connectivity index (χ4n) is 1.75. The Morgan fingerprint density at radius 3 is 2.38 bits per heavy atom. The summed E-state index contributed by atoms with van der Waals surface area (Å²) in [5, 5.41) is 1.70. The zero-order chi connectivity index (χ0) is 15.5. The zero-order valence-corrected chi connectivity index (χ0v) is 10.6. The largest absolute Gasteiger partial charge is 0.471 e. The predicted octanol–water partition coefficient (Wildman–Crippen LogP) is 3.07. The highest BCUT2D eigenvalue weighted by atomic mass is 19.4. The number of hydrogen-bond donors (Lipinski definition) is 1. The van der Waals surface area contributed by atoms with E-state index in [0.29, 0.717) is 11.1 Å². The van der Waals surface area contributed by atoms with Crippen LogP contribution in [0.3, 0.4) is 0 Å². The summed E-state index contributed by atoms with van der Waals surface area (Å²) >= 11 is 0. The van der Waals surface area contributed by atoms with E-state index in [2.05, 4.69) is 4.98 Å². The van der Waals surface area contributed by atoms with Crippen LogP contribution in [0, 0.1) is 5.82 Å². The SMILES string of the molecule is O=C(NCc1cc(F)cc(-c2ccncc2)c1)C(F)(F)F. The standard InChI is InChI=1S/C14H10F4N2O/c15-12-6-9(8-20-13(21)14(16,17)18)5-11(7-12)10-1-3-19-4-2-10/h1-7H,8H2,(H,20,21). The van der Waals surface area contributed by atoms with Gasteiger partial charge in [0.25, 0.3) is 0 Å². The van der Waals surface area contributed by atoms with Gasteiger partial charge in [0, 0.05) is 18.9 Å². The molecule has 0 aliphatic heterocycles. The van der Waals surface area contributed by atoms with E-state index in [9.17, 15) is 22.4 Å². The van der Waals surface area contributed by atoms with E-state index < -0.39 is 24.4 Å². The summed E-state index contributed by atoms with van der Waals surface area (Å²) in [6, 6.07) is 7.13. The predicted molar refractivity (Wildman–Crippen MR) is 67.5 cm³/mol. The zero-order valence-electron chi connectivity index (χ0n) is 10.6. The van der Waals surface area contributed by atoms with Gasteiger partial charge in [-0.2, -0.15) is 13.2 Å². The fraction of sp³-hybridized carbons (Fsp3) is 0.143. The molecule has 0 saturated carbocycles. The van der Waals surface area contributed by atoms with E-state index in [1.54, 1.807) is 17.4 Å². The molecule has 21 heavy (non-hydrogen) atoms. The third-order valence-electron chi connectivity index (χ3n) is 2.68. The van der Waals surface area contributed by atoms with E-state index in [0.717, 1.165) is 6.07 Å². The first-order valence-corrected chi connectivity index (χ1v) is 5.91. The van der Waals surface area contributed by atoms with Gasteiger partial charge < -0.3 is 5.32 Å². The second kappa shape index (κ2) is 5.90. The van der Waals surface area contributed by atoms with Crippen molar-refractivity contribution in [1.29, 1.82) is 0 Å². The Balaban J connectivity index is 2.19. The molecule has 1 aromatic heterocycles. The van der Waals surface area contributed by atoms with Crippen LogP contribution in [0.2, 0.25) is 0 Å². The Morgan fingerprint density at radius 1 is 1.10 bits per heavy atom. The molecule has 0 atom stereocenters. The lowest BCUT2D eigenvalue weighted by molar-refractivity contribution is -0.173. The average Bonchev–Trinajstić information content (AvgIpc) is 2.44. The van der Waals surface area contributed by atoms with Crippen LogP contribution >= 0.6 is 0 Å². The third kappa shape index (κ3) is 4.01. The molecule has 0 saturated heterocycles. The third-order valence-corrected chi connectivity index (χ3v) is 2.68. The summed E-state index contributed by atoms with van der Waals surface area (Å²) in [4.78, 5) is 14.6. The lowest BCUT2D eigenvalue weighted by atomic mass is 10.0. The van der Waals surface area contributed by atoms with E-state index in [1.807, 2.05) is 0 Å². The van der Waals surface area contributed by atoms with Crippen LogP contribution in [0.1, 0.15) is 5.56 Å². The number of aromatic nitrogens is 1. The molecule has 0 aliphatic rings. The number of amides is 1. The highest BCUT2D eigenvalue weighted by Crippen LogP contribution is 2.21. The number of carbonyl (C=O) groups is 1. The molecule has 1 amide bonds. The molecule has 1 aromatic carbocycles. The van der Waals surface area contributed by atoms with Crippen LogP contribution in [-0.4, -0.2) is 17.1 Å². The van der Waals surface area contributed by atoms with Gasteiger partial charge >= 0.3 is 12.1 Å². The molecule has 7 heteroatoms. The van der Waals surface area contributed by atoms with Gasteiger partial charge in [-0.1, -0.05) is 0 Å². The van der Waals surface area contributed by atoms with Crippen molar-refractivity contribution >= 4 is 5.91 Å². The van der Waals surface area contributed by atoms with Gasteiger partial charge in [0.15, 0.2) is 0 Å². The van der Waals surface area contributed by atoms with Gasteiger partial charge in [0.2, 0.25) is 0 Å². The Labute approximate surface area is 117 Å². The maximum Gasteiger partial charge on any atom is 0.471 e. The number of carbonyl (C=O) groups excluding carboxylic acids is 1. The molecule has 110 valence electrons. The van der Waals surface area contributed by atoms with Crippen LogP contribution in [0.25, 0.3) is 11.1 Å². The number of nitrogens with zero attached hydrogens (tertiary/aromatic N) is 1. The summed E-state index contributed by atoms with van der Waals surface area (Å²) in [6.45, 7) is -0.409. The smallest absolute Gasteiger partial charge is 0.344 e. The minimum Gasteiger partial charge on any atom is -0.344 e. The lowest BCUT2D eigenvalue weighted by Crippen LogP contribution is -2.36. The van der Waals surface area contributed by atoms with E-state index in [4.69, 9.17) is 0 Å². The first kappa shape index (κ1) is 15.0. The summed E-state index contributed by atoms with van der Waals surface area (Å²) in [5.41, 5.74) is 1.40. The van der Waals surface area contributed by atoms with Crippen LogP contribution in [0.5, 0.6) is 0 Å². The average molecular weight is 298 g/mol. The quantitative estimate of drug-likeness (QED) is 0.885. The topological polar surface area (TPSA) is 42.0 Å². The van der Waals surface area contributed by atoms with Crippen LogP contribution < -0.4 is 5.32 Å². The molecule has 0 radical (unpaired) electrons. The number of alkyl halides is 3. The highest BCUT2D eigenvalue weighted by Gasteiger charge is 2.38. The molecule has 1 N–H and O–H groups in total. The van der Waals surface area contributed by atoms with Crippen molar-refractivity contribution in [3.8, 4) is 11.1 Å². The monoisotopic (exact) mass is 298 g/mol. The van der Waals surface area contributed by atoms with Crippen LogP contribution in [0.15, 0.2) is 42.7 Å². The Morgan fingerprint density at radius 2 is 1.76 bits per heavy atom. The summed E-state index contributed by atoms with van der Waals surface area (Å²) in [7, 11) is 0. The number of benzene rings is 1. The molecule has 0 aliphatic carbocycles. The van der Waals surface area contributed by atoms with Gasteiger partial charge in [-0.05, 0) is 47.0 Å². The first-order chi connectivity index (χ1) is 9.86. The number of hydrogen-bond acceptors (Lipinski definition) is 2. The molecule has 0 unspecified atom stereocenters. The van der Waals surface area contributed by atoms with E-state index in [1.165, 1.54) is 24.5 Å². The maximum atomic E-state index is 13.5. The van der Waals surface area contributed by atoms with Crippen molar-refractivity contribution in [1.82, 2.24) is 10.3 Å².